The Labute approximate surface area is 193 Å². The monoisotopic (exact) mass is 436 g/mol. The fraction of sp³-hybridized carbons (Fsp3) is 0.208. The highest BCUT2D eigenvalue weighted by Gasteiger charge is 2.43. The van der Waals surface area contributed by atoms with E-state index >= 15 is 4.39 Å². The summed E-state index contributed by atoms with van der Waals surface area (Å²) in [6.07, 6.45) is 3.40. The molecule has 0 aliphatic carbocycles. The molecule has 4 aromatic rings. The van der Waals surface area contributed by atoms with E-state index in [0.29, 0.717) is 34.6 Å². The molecule has 0 saturated carbocycles. The highest BCUT2D eigenvalue weighted by atomic mass is 19.1. The van der Waals surface area contributed by atoms with E-state index in [1.807, 2.05) is 32.3 Å². The second kappa shape index (κ2) is 7.76. The molecule has 2 aromatic heterocycles. The van der Waals surface area contributed by atoms with Gasteiger partial charge < -0.3 is 9.64 Å². The van der Waals surface area contributed by atoms with E-state index < -0.39 is 11.2 Å². The molecule has 4 radical (unpaired) electrons. The Balaban J connectivity index is 1.49. The van der Waals surface area contributed by atoms with Crippen LogP contribution >= 0.6 is 0 Å². The van der Waals surface area contributed by atoms with Gasteiger partial charge in [0.2, 0.25) is 0 Å². The molecule has 0 bridgehead atoms. The molecule has 0 atom stereocenters. The summed E-state index contributed by atoms with van der Waals surface area (Å²) < 4.78 is 22.6. The van der Waals surface area contributed by atoms with E-state index in [1.54, 1.807) is 28.9 Å². The number of carbonyl (C=O) groups excluding carboxylic acids is 1. The quantitative estimate of drug-likeness (QED) is 0.451. The number of rotatable bonds is 5. The minimum absolute atomic E-state index is 0.0834. The lowest BCUT2D eigenvalue weighted by atomic mass is 9.59. The zero-order valence-electron chi connectivity index (χ0n) is 18.2. The van der Waals surface area contributed by atoms with Crippen molar-refractivity contribution < 1.29 is 13.9 Å². The number of hydrogen-bond acceptors (Lipinski definition) is 4. The Morgan fingerprint density at radius 1 is 1.15 bits per heavy atom. The van der Waals surface area contributed by atoms with Gasteiger partial charge in [0.25, 0.3) is 5.91 Å². The first-order chi connectivity index (χ1) is 15.8. The molecular weight excluding hydrogens is 417 g/mol. The Kier molecular flexibility index (Phi) is 5.00. The molecule has 0 spiro atoms. The zero-order chi connectivity index (χ0) is 23.3. The van der Waals surface area contributed by atoms with E-state index in [2.05, 4.69) is 10.1 Å². The summed E-state index contributed by atoms with van der Waals surface area (Å²) >= 11 is 0. The molecule has 9 heteroatoms. The first-order valence-electron chi connectivity index (χ1n) is 10.5. The number of fused-ring (bicyclic) bond motifs is 2. The lowest BCUT2D eigenvalue weighted by Gasteiger charge is -2.33. The molecular formula is C24H19B2FN4O2. The van der Waals surface area contributed by atoms with Crippen molar-refractivity contribution in [3.8, 4) is 16.9 Å². The minimum atomic E-state index is -1.62. The van der Waals surface area contributed by atoms with Gasteiger partial charge in [-0.25, -0.2) is 4.39 Å². The summed E-state index contributed by atoms with van der Waals surface area (Å²) in [6, 6.07) is 11.9. The van der Waals surface area contributed by atoms with Crippen LogP contribution < -0.4 is 4.74 Å². The average Bonchev–Trinajstić information content (AvgIpc) is 3.27. The van der Waals surface area contributed by atoms with Crippen LogP contribution in [0.1, 0.15) is 28.5 Å². The molecule has 0 saturated heterocycles. The summed E-state index contributed by atoms with van der Waals surface area (Å²) in [6.45, 7) is 2.35. The van der Waals surface area contributed by atoms with Crippen LogP contribution in [0, 0.1) is 5.82 Å². The van der Waals surface area contributed by atoms with Gasteiger partial charge in [-0.1, -0.05) is 12.1 Å². The van der Waals surface area contributed by atoms with Gasteiger partial charge in [0.05, 0.1) is 33.6 Å². The molecule has 0 fully saturated rings. The standard InChI is InChI=1S/C24H19B2FN4O2/c1-3-33-20-9-8-16(18-13-30(2)29-21(18)20)14-6-7-15(19(27)11-14)12-31-23(32)17-5-4-10-28-22(17)24(31,25)26/h4-11,13H,3,12H2,1-2H3. The smallest absolute Gasteiger partial charge is 0.255 e. The first-order valence-corrected chi connectivity index (χ1v) is 10.5. The van der Waals surface area contributed by atoms with E-state index in [1.165, 1.54) is 17.2 Å². The van der Waals surface area contributed by atoms with Crippen molar-refractivity contribution in [2.45, 2.75) is 18.8 Å². The van der Waals surface area contributed by atoms with Crippen LogP contribution in [0.4, 0.5) is 4.39 Å². The van der Waals surface area contributed by atoms with Gasteiger partial charge >= 0.3 is 0 Å². The van der Waals surface area contributed by atoms with Gasteiger partial charge in [-0.05, 0) is 48.4 Å². The van der Waals surface area contributed by atoms with Crippen molar-refractivity contribution in [2.24, 2.45) is 7.05 Å². The van der Waals surface area contributed by atoms with Crippen molar-refractivity contribution >= 4 is 32.5 Å². The van der Waals surface area contributed by atoms with Crippen LogP contribution in [-0.2, 0) is 18.9 Å². The molecule has 6 nitrogen and oxygen atoms in total. The maximum atomic E-state index is 15.2. The predicted octanol–water partition coefficient (Wildman–Crippen LogP) is 3.28. The lowest BCUT2D eigenvalue weighted by molar-refractivity contribution is 0.0729. The highest BCUT2D eigenvalue weighted by molar-refractivity contribution is 6.42. The van der Waals surface area contributed by atoms with Gasteiger partial charge in [-0.2, -0.15) is 5.10 Å². The second-order valence-electron chi connectivity index (χ2n) is 8.03. The third kappa shape index (κ3) is 3.39. The SMILES string of the molecule is [B]C1([B])c2ncccc2C(=O)N1Cc1ccc(-c2ccc(OCC)c3nn(C)cc23)cc1F. The topological polar surface area (TPSA) is 60.3 Å². The Morgan fingerprint density at radius 2 is 1.97 bits per heavy atom. The number of aromatic nitrogens is 3. The van der Waals surface area contributed by atoms with Crippen LogP contribution in [0.5, 0.6) is 5.75 Å². The third-order valence-electron chi connectivity index (χ3n) is 5.86. The van der Waals surface area contributed by atoms with Gasteiger partial charge in [0.15, 0.2) is 0 Å². The Hall–Kier alpha value is -3.61. The number of pyridine rings is 1. The second-order valence-corrected chi connectivity index (χ2v) is 8.03. The maximum absolute atomic E-state index is 15.2. The molecule has 0 unspecified atom stereocenters. The molecule has 1 amide bonds. The predicted molar refractivity (Wildman–Crippen MR) is 125 cm³/mol. The third-order valence-corrected chi connectivity index (χ3v) is 5.86. The zero-order valence-corrected chi connectivity index (χ0v) is 18.2. The molecule has 160 valence electrons. The summed E-state index contributed by atoms with van der Waals surface area (Å²) in [7, 11) is 14.3. The van der Waals surface area contributed by atoms with Crippen LogP contribution in [0.15, 0.2) is 54.9 Å². The van der Waals surface area contributed by atoms with Crippen LogP contribution in [0.3, 0.4) is 0 Å². The maximum Gasteiger partial charge on any atom is 0.255 e. The summed E-state index contributed by atoms with van der Waals surface area (Å²) in [4.78, 5) is 18.2. The van der Waals surface area contributed by atoms with Crippen LogP contribution in [0.25, 0.3) is 22.0 Å². The number of nitrogens with zero attached hydrogens (tertiary/aromatic N) is 4. The number of hydrogen-bond donors (Lipinski definition) is 0. The number of ether oxygens (including phenoxy) is 1. The Morgan fingerprint density at radius 3 is 2.70 bits per heavy atom. The molecule has 2 aromatic carbocycles. The van der Waals surface area contributed by atoms with E-state index in [-0.39, 0.29) is 18.1 Å². The van der Waals surface area contributed by atoms with Crippen molar-refractivity contribution in [3.63, 3.8) is 0 Å². The minimum Gasteiger partial charge on any atom is -0.492 e. The van der Waals surface area contributed by atoms with Crippen molar-refractivity contribution in [2.75, 3.05) is 6.61 Å². The molecule has 1 aliphatic heterocycles. The Bertz CT molecular complexity index is 1400. The van der Waals surface area contributed by atoms with E-state index in [4.69, 9.17) is 20.4 Å². The largest absolute Gasteiger partial charge is 0.492 e. The molecule has 33 heavy (non-hydrogen) atoms. The molecule has 0 N–H and O–H groups in total. The molecule has 3 heterocycles. The number of carbonyl (C=O) groups is 1. The number of amides is 1. The summed E-state index contributed by atoms with van der Waals surface area (Å²) in [5.41, 5.74) is 3.13. The summed E-state index contributed by atoms with van der Waals surface area (Å²) in [5.74, 6) is -0.169. The number of aryl methyl sites for hydroxylation is 1. The van der Waals surface area contributed by atoms with E-state index in [0.717, 1.165) is 10.9 Å². The number of benzene rings is 2. The normalized spacial score (nSPS) is 14.6. The average molecular weight is 436 g/mol. The van der Waals surface area contributed by atoms with Gasteiger partial charge in [-0.3, -0.25) is 14.5 Å². The van der Waals surface area contributed by atoms with Crippen molar-refractivity contribution in [3.05, 3.63) is 77.5 Å². The molecule has 1 aliphatic rings. The van der Waals surface area contributed by atoms with Crippen LogP contribution in [-0.4, -0.2) is 47.9 Å². The van der Waals surface area contributed by atoms with Gasteiger partial charge in [-0.15, -0.1) is 0 Å². The fourth-order valence-electron chi connectivity index (χ4n) is 4.27. The molecule has 5 rings (SSSR count). The highest BCUT2D eigenvalue weighted by Crippen LogP contribution is 2.37. The van der Waals surface area contributed by atoms with Crippen molar-refractivity contribution in [1.82, 2.24) is 19.7 Å². The van der Waals surface area contributed by atoms with Crippen LogP contribution in [0.2, 0.25) is 0 Å². The first kappa shape index (κ1) is 21.2. The van der Waals surface area contributed by atoms with Gasteiger partial charge in [0, 0.05) is 42.3 Å². The summed E-state index contributed by atoms with van der Waals surface area (Å²) in [5, 5.41) is 3.73. The van der Waals surface area contributed by atoms with E-state index in [9.17, 15) is 4.79 Å². The fourth-order valence-corrected chi connectivity index (χ4v) is 4.27. The number of halogens is 1. The van der Waals surface area contributed by atoms with Gasteiger partial charge in [0.1, 0.15) is 17.1 Å². The van der Waals surface area contributed by atoms with Crippen molar-refractivity contribution in [1.29, 1.82) is 0 Å². The lowest BCUT2D eigenvalue weighted by Crippen LogP contribution is -2.44.